The molecule has 0 saturated heterocycles. The highest BCUT2D eigenvalue weighted by atomic mass is 32.2. The molecule has 6 heteroatoms. The van der Waals surface area contributed by atoms with Gasteiger partial charge in [0, 0.05) is 5.69 Å². The summed E-state index contributed by atoms with van der Waals surface area (Å²) in [4.78, 5) is 12.5. The fourth-order valence-corrected chi connectivity index (χ4v) is 7.55. The third-order valence-corrected chi connectivity index (χ3v) is 8.69. The van der Waals surface area contributed by atoms with Crippen molar-refractivity contribution in [3.63, 3.8) is 0 Å². The molecule has 31 heavy (non-hydrogen) atoms. The quantitative estimate of drug-likeness (QED) is 0.719. The van der Waals surface area contributed by atoms with Gasteiger partial charge in [-0.15, -0.1) is 0 Å². The van der Waals surface area contributed by atoms with Gasteiger partial charge in [-0.3, -0.25) is 9.10 Å². The monoisotopic (exact) mass is 438 g/mol. The van der Waals surface area contributed by atoms with Crippen molar-refractivity contribution in [1.29, 1.82) is 0 Å². The fourth-order valence-electron chi connectivity index (χ4n) is 6.70. The van der Waals surface area contributed by atoms with Crippen molar-refractivity contribution >= 4 is 27.3 Å². The van der Waals surface area contributed by atoms with Gasteiger partial charge in [0.25, 0.3) is 0 Å². The number of sulfonamides is 1. The first-order chi connectivity index (χ1) is 14.8. The summed E-state index contributed by atoms with van der Waals surface area (Å²) in [6.07, 6.45) is 9.16. The number of carbonyl (C=O) groups excluding carboxylic acids is 1. The molecule has 2 aromatic carbocycles. The van der Waals surface area contributed by atoms with Crippen LogP contribution < -0.4 is 9.62 Å². The number of nitrogens with zero attached hydrogens (tertiary/aromatic N) is 1. The summed E-state index contributed by atoms with van der Waals surface area (Å²) in [6, 6.07) is 17.1. The Morgan fingerprint density at radius 1 is 0.935 bits per heavy atom. The molecule has 0 atom stereocenters. The topological polar surface area (TPSA) is 66.5 Å². The maximum absolute atomic E-state index is 12.5. The van der Waals surface area contributed by atoms with E-state index in [1.54, 1.807) is 12.1 Å². The Kier molecular flexibility index (Phi) is 5.08. The third-order valence-electron chi connectivity index (χ3n) is 7.55. The molecule has 5 nitrogen and oxygen atoms in total. The van der Waals surface area contributed by atoms with Crippen LogP contribution in [0.5, 0.6) is 0 Å². The summed E-state index contributed by atoms with van der Waals surface area (Å²) in [5, 5.41) is 2.77. The van der Waals surface area contributed by atoms with E-state index in [2.05, 4.69) is 17.4 Å². The standard InChI is InChI=1S/C25H30N2O3S/c1-31(29,30)27(17-24(28)26-22-5-3-2-4-6-22)23-9-7-21(8-10-23)25-14-18-11-19(15-25)13-20(12-18)16-25/h2-10,18-20H,11-17H2,1H3,(H,26,28). The van der Waals surface area contributed by atoms with Crippen LogP contribution in [0.3, 0.4) is 0 Å². The number of carbonyl (C=O) groups is 1. The van der Waals surface area contributed by atoms with Gasteiger partial charge in [-0.1, -0.05) is 30.3 Å². The SMILES string of the molecule is CS(=O)(=O)N(CC(=O)Nc1ccccc1)c1ccc(C23CC4CC(CC(C4)C2)C3)cc1. The largest absolute Gasteiger partial charge is 0.325 e. The van der Waals surface area contributed by atoms with Gasteiger partial charge in [-0.2, -0.15) is 0 Å². The van der Waals surface area contributed by atoms with Crippen LogP contribution in [-0.4, -0.2) is 27.1 Å². The summed E-state index contributed by atoms with van der Waals surface area (Å²) in [7, 11) is -3.59. The van der Waals surface area contributed by atoms with Crippen LogP contribution >= 0.6 is 0 Å². The second kappa shape index (κ2) is 7.66. The lowest BCUT2D eigenvalue weighted by atomic mass is 9.48. The molecule has 2 aromatic rings. The number of para-hydroxylation sites is 1. The van der Waals surface area contributed by atoms with Crippen LogP contribution in [-0.2, 0) is 20.2 Å². The van der Waals surface area contributed by atoms with Crippen molar-refractivity contribution in [3.8, 4) is 0 Å². The lowest BCUT2D eigenvalue weighted by Gasteiger charge is -2.57. The predicted molar refractivity (Wildman–Crippen MR) is 124 cm³/mol. The summed E-state index contributed by atoms with van der Waals surface area (Å²) in [5.74, 6) is 2.22. The van der Waals surface area contributed by atoms with Gasteiger partial charge in [-0.25, -0.2) is 8.42 Å². The van der Waals surface area contributed by atoms with E-state index in [1.165, 1.54) is 48.4 Å². The minimum atomic E-state index is -3.59. The lowest BCUT2D eigenvalue weighted by Crippen LogP contribution is -2.48. The minimum absolute atomic E-state index is 0.246. The van der Waals surface area contributed by atoms with Crippen molar-refractivity contribution in [3.05, 3.63) is 60.2 Å². The zero-order valence-corrected chi connectivity index (χ0v) is 18.8. The molecule has 4 bridgehead atoms. The zero-order valence-electron chi connectivity index (χ0n) is 18.0. The van der Waals surface area contributed by atoms with Crippen LogP contribution in [0, 0.1) is 17.8 Å². The highest BCUT2D eigenvalue weighted by Crippen LogP contribution is 2.60. The molecule has 0 aromatic heterocycles. The lowest BCUT2D eigenvalue weighted by molar-refractivity contribution is -0.114. The summed E-state index contributed by atoms with van der Waals surface area (Å²) in [5.41, 5.74) is 2.81. The molecular formula is C25H30N2O3S. The average Bonchev–Trinajstić information content (AvgIpc) is 2.71. The molecule has 1 N–H and O–H groups in total. The molecule has 6 rings (SSSR count). The van der Waals surface area contributed by atoms with Gasteiger partial charge < -0.3 is 5.32 Å². The smallest absolute Gasteiger partial charge is 0.245 e. The van der Waals surface area contributed by atoms with Crippen molar-refractivity contribution in [2.45, 2.75) is 43.9 Å². The maximum atomic E-state index is 12.5. The van der Waals surface area contributed by atoms with E-state index in [0.717, 1.165) is 24.0 Å². The predicted octanol–water partition coefficient (Wildman–Crippen LogP) is 4.56. The number of hydrogen-bond donors (Lipinski definition) is 1. The zero-order chi connectivity index (χ0) is 21.6. The van der Waals surface area contributed by atoms with E-state index < -0.39 is 10.0 Å². The van der Waals surface area contributed by atoms with E-state index >= 15 is 0 Å². The molecule has 0 spiro atoms. The number of rotatable bonds is 6. The molecule has 0 radical (unpaired) electrons. The Bertz CT molecular complexity index is 1030. The molecule has 4 aliphatic carbocycles. The minimum Gasteiger partial charge on any atom is -0.325 e. The number of amides is 1. The first-order valence-electron chi connectivity index (χ1n) is 11.2. The maximum Gasteiger partial charge on any atom is 0.245 e. The van der Waals surface area contributed by atoms with Crippen molar-refractivity contribution in [1.82, 2.24) is 0 Å². The van der Waals surface area contributed by atoms with Crippen LogP contribution in [0.4, 0.5) is 11.4 Å². The first kappa shape index (κ1) is 20.6. The second-order valence-corrected chi connectivity index (χ2v) is 11.8. The van der Waals surface area contributed by atoms with Gasteiger partial charge in [0.05, 0.1) is 11.9 Å². The molecule has 4 saturated carbocycles. The van der Waals surface area contributed by atoms with Gasteiger partial charge in [0.2, 0.25) is 15.9 Å². The van der Waals surface area contributed by atoms with Gasteiger partial charge >= 0.3 is 0 Å². The molecule has 0 heterocycles. The van der Waals surface area contributed by atoms with Gasteiger partial charge in [0.1, 0.15) is 6.54 Å². The molecule has 0 unspecified atom stereocenters. The number of nitrogens with one attached hydrogen (secondary N) is 1. The van der Waals surface area contributed by atoms with E-state index in [4.69, 9.17) is 0 Å². The van der Waals surface area contributed by atoms with Crippen molar-refractivity contribution < 1.29 is 13.2 Å². The molecule has 164 valence electrons. The van der Waals surface area contributed by atoms with Crippen LogP contribution in [0.15, 0.2) is 54.6 Å². The van der Waals surface area contributed by atoms with Crippen LogP contribution in [0.1, 0.15) is 44.1 Å². The number of anilines is 2. The highest BCUT2D eigenvalue weighted by molar-refractivity contribution is 7.92. The Morgan fingerprint density at radius 2 is 1.48 bits per heavy atom. The van der Waals surface area contributed by atoms with Crippen molar-refractivity contribution in [2.75, 3.05) is 22.4 Å². The van der Waals surface area contributed by atoms with Crippen LogP contribution in [0.25, 0.3) is 0 Å². The normalized spacial score (nSPS) is 29.0. The highest BCUT2D eigenvalue weighted by Gasteiger charge is 2.51. The Labute approximate surface area is 184 Å². The third kappa shape index (κ3) is 4.10. The average molecular weight is 439 g/mol. The van der Waals surface area contributed by atoms with E-state index in [0.29, 0.717) is 11.4 Å². The summed E-state index contributed by atoms with van der Waals surface area (Å²) < 4.78 is 26.1. The summed E-state index contributed by atoms with van der Waals surface area (Å²) in [6.45, 7) is -0.246. The van der Waals surface area contributed by atoms with Crippen molar-refractivity contribution in [2.24, 2.45) is 17.8 Å². The number of benzene rings is 2. The Hall–Kier alpha value is -2.34. The fraction of sp³-hybridized carbons (Fsp3) is 0.480. The number of hydrogen-bond acceptors (Lipinski definition) is 3. The Balaban J connectivity index is 1.35. The van der Waals surface area contributed by atoms with E-state index in [-0.39, 0.29) is 17.9 Å². The Morgan fingerprint density at radius 3 is 2.00 bits per heavy atom. The molecular weight excluding hydrogens is 408 g/mol. The van der Waals surface area contributed by atoms with Gasteiger partial charge in [-0.05, 0) is 91.5 Å². The van der Waals surface area contributed by atoms with E-state index in [9.17, 15) is 13.2 Å². The first-order valence-corrected chi connectivity index (χ1v) is 13.1. The molecule has 4 aliphatic rings. The van der Waals surface area contributed by atoms with E-state index in [1.807, 2.05) is 30.3 Å². The molecule has 4 fully saturated rings. The molecule has 1 amide bonds. The molecule has 0 aliphatic heterocycles. The van der Waals surface area contributed by atoms with Gasteiger partial charge in [0.15, 0.2) is 0 Å². The van der Waals surface area contributed by atoms with Crippen LogP contribution in [0.2, 0.25) is 0 Å². The summed E-state index contributed by atoms with van der Waals surface area (Å²) >= 11 is 0. The second-order valence-electron chi connectivity index (χ2n) is 9.93.